The van der Waals surface area contributed by atoms with Crippen LogP contribution in [0.1, 0.15) is 76.7 Å². The van der Waals surface area contributed by atoms with Crippen molar-refractivity contribution in [3.05, 3.63) is 48.0 Å². The van der Waals surface area contributed by atoms with E-state index in [2.05, 4.69) is 49.4 Å². The monoisotopic (exact) mass is 272 g/mol. The Morgan fingerprint density at radius 3 is 1.95 bits per heavy atom. The highest BCUT2D eigenvalue weighted by Gasteiger charge is 1.91. The molecular formula is C20H32. The largest absolute Gasteiger partial charge is 0.0882 e. The van der Waals surface area contributed by atoms with Crippen LogP contribution in [0.25, 0.3) is 0 Å². The molecule has 0 heteroatoms. The van der Waals surface area contributed by atoms with E-state index < -0.39 is 0 Å². The third-order valence-electron chi connectivity index (χ3n) is 3.84. The standard InChI is InChI=1S/C20H32/c1-2-3-4-5-6-7-8-9-10-11-12-14-17-20-18-15-13-16-19-20/h12-16,18-19H,2-11,17H2,1H3/b14-12-. The maximum atomic E-state index is 2.36. The van der Waals surface area contributed by atoms with E-state index in [1.807, 2.05) is 0 Å². The molecule has 0 spiro atoms. The van der Waals surface area contributed by atoms with Gasteiger partial charge < -0.3 is 0 Å². The van der Waals surface area contributed by atoms with Crippen molar-refractivity contribution in [3.8, 4) is 0 Å². The molecule has 0 aromatic heterocycles. The Morgan fingerprint density at radius 1 is 0.700 bits per heavy atom. The van der Waals surface area contributed by atoms with Gasteiger partial charge in [-0.3, -0.25) is 0 Å². The molecule has 0 N–H and O–H groups in total. The van der Waals surface area contributed by atoms with Crippen LogP contribution in [0.15, 0.2) is 42.5 Å². The molecule has 0 saturated carbocycles. The van der Waals surface area contributed by atoms with Gasteiger partial charge in [0.2, 0.25) is 0 Å². The number of hydrogen-bond acceptors (Lipinski definition) is 0. The minimum Gasteiger partial charge on any atom is -0.0882 e. The average Bonchev–Trinajstić information content (AvgIpc) is 2.49. The van der Waals surface area contributed by atoms with Crippen molar-refractivity contribution in [1.82, 2.24) is 0 Å². The first-order valence-electron chi connectivity index (χ1n) is 8.62. The van der Waals surface area contributed by atoms with E-state index in [9.17, 15) is 0 Å². The second-order valence-electron chi connectivity index (χ2n) is 5.78. The third kappa shape index (κ3) is 9.83. The summed E-state index contributed by atoms with van der Waals surface area (Å²) in [5, 5.41) is 0. The molecular weight excluding hydrogens is 240 g/mol. The Labute approximate surface area is 126 Å². The fourth-order valence-corrected chi connectivity index (χ4v) is 2.52. The molecule has 112 valence electrons. The molecule has 0 aliphatic carbocycles. The van der Waals surface area contributed by atoms with E-state index >= 15 is 0 Å². The molecule has 0 unspecified atom stereocenters. The molecule has 0 radical (unpaired) electrons. The first-order valence-corrected chi connectivity index (χ1v) is 8.62. The van der Waals surface area contributed by atoms with E-state index in [0.29, 0.717) is 0 Å². The summed E-state index contributed by atoms with van der Waals surface area (Å²) in [6.45, 7) is 2.28. The van der Waals surface area contributed by atoms with Crippen LogP contribution in [0.4, 0.5) is 0 Å². The maximum Gasteiger partial charge on any atom is -0.00975 e. The molecule has 0 heterocycles. The van der Waals surface area contributed by atoms with Crippen molar-refractivity contribution in [2.24, 2.45) is 0 Å². The Balaban J connectivity index is 1.85. The second-order valence-corrected chi connectivity index (χ2v) is 5.78. The molecule has 1 aromatic rings. The lowest BCUT2D eigenvalue weighted by Gasteiger charge is -2.00. The summed E-state index contributed by atoms with van der Waals surface area (Å²) in [4.78, 5) is 0. The van der Waals surface area contributed by atoms with Crippen molar-refractivity contribution in [3.63, 3.8) is 0 Å². The molecule has 0 bridgehead atoms. The van der Waals surface area contributed by atoms with Gasteiger partial charge >= 0.3 is 0 Å². The number of allylic oxidation sites excluding steroid dienone is 2. The van der Waals surface area contributed by atoms with Crippen molar-refractivity contribution in [1.29, 1.82) is 0 Å². The first kappa shape index (κ1) is 17.0. The van der Waals surface area contributed by atoms with Gasteiger partial charge in [0.15, 0.2) is 0 Å². The van der Waals surface area contributed by atoms with Crippen LogP contribution in [-0.2, 0) is 6.42 Å². The van der Waals surface area contributed by atoms with Crippen LogP contribution in [0.2, 0.25) is 0 Å². The fraction of sp³-hybridized carbons (Fsp3) is 0.600. The van der Waals surface area contributed by atoms with Crippen molar-refractivity contribution >= 4 is 0 Å². The van der Waals surface area contributed by atoms with Crippen molar-refractivity contribution in [2.75, 3.05) is 0 Å². The predicted molar refractivity (Wildman–Crippen MR) is 91.1 cm³/mol. The highest BCUT2D eigenvalue weighted by atomic mass is 14.0. The highest BCUT2D eigenvalue weighted by Crippen LogP contribution is 2.10. The molecule has 0 nitrogen and oxygen atoms in total. The highest BCUT2D eigenvalue weighted by molar-refractivity contribution is 5.17. The molecule has 1 rings (SSSR count). The molecule has 0 atom stereocenters. The van der Waals surface area contributed by atoms with E-state index in [-0.39, 0.29) is 0 Å². The van der Waals surface area contributed by atoms with Crippen LogP contribution in [0, 0.1) is 0 Å². The summed E-state index contributed by atoms with van der Waals surface area (Å²) >= 11 is 0. The van der Waals surface area contributed by atoms with Gasteiger partial charge in [-0.1, -0.05) is 101 Å². The van der Waals surface area contributed by atoms with Crippen LogP contribution < -0.4 is 0 Å². The Morgan fingerprint density at radius 2 is 1.30 bits per heavy atom. The third-order valence-corrected chi connectivity index (χ3v) is 3.84. The topological polar surface area (TPSA) is 0 Å². The van der Waals surface area contributed by atoms with Crippen LogP contribution in [-0.4, -0.2) is 0 Å². The summed E-state index contributed by atoms with van der Waals surface area (Å²) < 4.78 is 0. The molecule has 0 fully saturated rings. The molecule has 0 aliphatic heterocycles. The van der Waals surface area contributed by atoms with Crippen LogP contribution in [0.5, 0.6) is 0 Å². The zero-order valence-electron chi connectivity index (χ0n) is 13.3. The van der Waals surface area contributed by atoms with Gasteiger partial charge in [-0.05, 0) is 24.8 Å². The van der Waals surface area contributed by atoms with E-state index in [0.717, 1.165) is 6.42 Å². The summed E-state index contributed by atoms with van der Waals surface area (Å²) in [5.41, 5.74) is 1.41. The molecule has 0 amide bonds. The molecule has 0 saturated heterocycles. The van der Waals surface area contributed by atoms with E-state index in [4.69, 9.17) is 0 Å². The number of hydrogen-bond donors (Lipinski definition) is 0. The molecule has 0 aliphatic rings. The summed E-state index contributed by atoms with van der Waals surface area (Å²) in [5.74, 6) is 0. The Kier molecular flexibility index (Phi) is 11.0. The lowest BCUT2D eigenvalue weighted by molar-refractivity contribution is 0.566. The number of benzene rings is 1. The van der Waals surface area contributed by atoms with Gasteiger partial charge in [0.25, 0.3) is 0 Å². The first-order chi connectivity index (χ1) is 9.93. The van der Waals surface area contributed by atoms with Gasteiger partial charge in [0.1, 0.15) is 0 Å². The SMILES string of the molecule is CCCCCCCCCCC/C=C\Cc1ccccc1. The molecule has 1 aromatic carbocycles. The maximum absolute atomic E-state index is 2.36. The smallest absolute Gasteiger partial charge is 0.00975 e. The minimum absolute atomic E-state index is 1.08. The summed E-state index contributed by atoms with van der Waals surface area (Å²) in [6.07, 6.45) is 19.8. The number of rotatable bonds is 12. The zero-order chi connectivity index (χ0) is 14.3. The van der Waals surface area contributed by atoms with E-state index in [1.165, 1.54) is 69.8 Å². The summed E-state index contributed by atoms with van der Waals surface area (Å²) in [7, 11) is 0. The minimum atomic E-state index is 1.08. The van der Waals surface area contributed by atoms with Gasteiger partial charge in [-0.25, -0.2) is 0 Å². The Hall–Kier alpha value is -1.04. The van der Waals surface area contributed by atoms with E-state index in [1.54, 1.807) is 0 Å². The van der Waals surface area contributed by atoms with Crippen LogP contribution in [0.3, 0.4) is 0 Å². The van der Waals surface area contributed by atoms with Crippen molar-refractivity contribution < 1.29 is 0 Å². The van der Waals surface area contributed by atoms with Gasteiger partial charge in [0.05, 0.1) is 0 Å². The van der Waals surface area contributed by atoms with Crippen molar-refractivity contribution in [2.45, 2.75) is 77.6 Å². The molecule has 20 heavy (non-hydrogen) atoms. The fourth-order valence-electron chi connectivity index (χ4n) is 2.52. The lowest BCUT2D eigenvalue weighted by Crippen LogP contribution is -1.81. The summed E-state index contributed by atoms with van der Waals surface area (Å²) in [6, 6.07) is 10.7. The Bertz CT molecular complexity index is 323. The van der Waals surface area contributed by atoms with Gasteiger partial charge in [0, 0.05) is 0 Å². The second kappa shape index (κ2) is 13.0. The normalized spacial score (nSPS) is 11.2. The van der Waals surface area contributed by atoms with Gasteiger partial charge in [-0.2, -0.15) is 0 Å². The predicted octanol–water partition coefficient (Wildman–Crippen LogP) is 6.71. The van der Waals surface area contributed by atoms with Gasteiger partial charge in [-0.15, -0.1) is 0 Å². The lowest BCUT2D eigenvalue weighted by atomic mass is 10.1. The number of unbranched alkanes of at least 4 members (excludes halogenated alkanes) is 9. The quantitative estimate of drug-likeness (QED) is 0.293. The zero-order valence-corrected chi connectivity index (χ0v) is 13.3. The average molecular weight is 272 g/mol. The van der Waals surface area contributed by atoms with Crippen LogP contribution >= 0.6 is 0 Å².